The van der Waals surface area contributed by atoms with Gasteiger partial charge in [0.2, 0.25) is 10.0 Å². The van der Waals surface area contributed by atoms with E-state index in [-0.39, 0.29) is 18.6 Å². The molecule has 0 atom stereocenters. The molecule has 0 bridgehead atoms. The molecule has 4 nitrogen and oxygen atoms in total. The summed E-state index contributed by atoms with van der Waals surface area (Å²) in [5.41, 5.74) is -1.19. The summed E-state index contributed by atoms with van der Waals surface area (Å²) in [6, 6.07) is 3.54. The lowest BCUT2D eigenvalue weighted by Gasteiger charge is -2.23. The third-order valence-corrected chi connectivity index (χ3v) is 4.93. The summed E-state index contributed by atoms with van der Waals surface area (Å²) < 4.78 is 65.2. The van der Waals surface area contributed by atoms with Crippen molar-refractivity contribution in [3.05, 3.63) is 29.8 Å². The molecule has 8 heteroatoms. The molecule has 0 aromatic heterocycles. The molecule has 0 radical (unpaired) electrons. The fraction of sp³-hybridized carbons (Fsp3) is 0.462. The molecule has 1 N–H and O–H groups in total. The van der Waals surface area contributed by atoms with Crippen LogP contribution in [0, 0.1) is 0 Å². The molecule has 0 spiro atoms. The smallest absolute Gasteiger partial charge is 0.300 e. The summed E-state index contributed by atoms with van der Waals surface area (Å²) in [7, 11) is -4.27. The van der Waals surface area contributed by atoms with Gasteiger partial charge in [-0.15, -0.1) is 0 Å². The summed E-state index contributed by atoms with van der Waals surface area (Å²) in [6.07, 6.45) is -3.63. The molecule has 1 aliphatic rings. The van der Waals surface area contributed by atoms with E-state index in [0.717, 1.165) is 18.2 Å². The average molecular weight is 321 g/mol. The predicted octanol–water partition coefficient (Wildman–Crippen LogP) is 2.50. The first kappa shape index (κ1) is 16.0. The maximum absolute atomic E-state index is 12.9. The number of carbonyl (C=O) groups is 1. The highest BCUT2D eigenvalue weighted by molar-refractivity contribution is 7.89. The monoisotopic (exact) mass is 321 g/mol. The second-order valence-corrected chi connectivity index (χ2v) is 6.61. The van der Waals surface area contributed by atoms with Crippen molar-refractivity contribution in [3.63, 3.8) is 0 Å². The van der Waals surface area contributed by atoms with E-state index in [1.165, 1.54) is 6.07 Å². The number of benzene rings is 1. The van der Waals surface area contributed by atoms with Crippen LogP contribution in [0.4, 0.5) is 13.2 Å². The largest absolute Gasteiger partial charge is 0.417 e. The zero-order valence-electron chi connectivity index (χ0n) is 11.0. The van der Waals surface area contributed by atoms with Crippen LogP contribution in [-0.4, -0.2) is 20.2 Å². The number of nitrogens with one attached hydrogen (secondary N) is 1. The summed E-state index contributed by atoms with van der Waals surface area (Å²) in [6.45, 7) is 0. The van der Waals surface area contributed by atoms with E-state index in [2.05, 4.69) is 4.72 Å². The van der Waals surface area contributed by atoms with Crippen molar-refractivity contribution >= 4 is 15.8 Å². The van der Waals surface area contributed by atoms with E-state index in [0.29, 0.717) is 12.8 Å². The number of hydrogen-bond acceptors (Lipinski definition) is 3. The topological polar surface area (TPSA) is 63.2 Å². The highest BCUT2D eigenvalue weighted by atomic mass is 32.2. The summed E-state index contributed by atoms with van der Waals surface area (Å²) in [5, 5.41) is 0. The molecule has 116 valence electrons. The van der Waals surface area contributed by atoms with Crippen LogP contribution < -0.4 is 4.72 Å². The van der Waals surface area contributed by atoms with Gasteiger partial charge in [0.05, 0.1) is 10.5 Å². The number of hydrogen-bond donors (Lipinski definition) is 1. The van der Waals surface area contributed by atoms with Crippen LogP contribution >= 0.6 is 0 Å². The van der Waals surface area contributed by atoms with E-state index in [9.17, 15) is 26.4 Å². The van der Waals surface area contributed by atoms with Gasteiger partial charge in [0.25, 0.3) is 0 Å². The standard InChI is InChI=1S/C13H14F3NO3S/c14-13(15,16)11-3-1-2-4-12(11)21(19,20)17-9-5-7-10(18)8-6-9/h1-4,9,17H,5-8H2. The number of alkyl halides is 3. The fourth-order valence-electron chi connectivity index (χ4n) is 2.28. The van der Waals surface area contributed by atoms with Crippen molar-refractivity contribution in [3.8, 4) is 0 Å². The van der Waals surface area contributed by atoms with Gasteiger partial charge < -0.3 is 0 Å². The minimum Gasteiger partial charge on any atom is -0.300 e. The van der Waals surface area contributed by atoms with Crippen molar-refractivity contribution in [1.29, 1.82) is 0 Å². The van der Waals surface area contributed by atoms with E-state index in [1.54, 1.807) is 0 Å². The molecule has 0 saturated heterocycles. The van der Waals surface area contributed by atoms with Crippen LogP contribution in [0.1, 0.15) is 31.2 Å². The minimum absolute atomic E-state index is 0.0427. The van der Waals surface area contributed by atoms with Gasteiger partial charge in [-0.05, 0) is 25.0 Å². The third kappa shape index (κ3) is 3.82. The van der Waals surface area contributed by atoms with Crippen LogP contribution in [0.15, 0.2) is 29.2 Å². The Morgan fingerprint density at radius 2 is 1.67 bits per heavy atom. The molecular weight excluding hydrogens is 307 g/mol. The van der Waals surface area contributed by atoms with E-state index >= 15 is 0 Å². The maximum Gasteiger partial charge on any atom is 0.417 e. The minimum atomic E-state index is -4.74. The quantitative estimate of drug-likeness (QED) is 0.930. The van der Waals surface area contributed by atoms with Gasteiger partial charge in [-0.3, -0.25) is 4.79 Å². The number of Topliss-reactive ketones (excluding diaryl/α,β-unsaturated/α-hetero) is 1. The summed E-state index contributed by atoms with van der Waals surface area (Å²) >= 11 is 0. The Bertz CT molecular complexity index is 630. The Hall–Kier alpha value is -1.41. The van der Waals surface area contributed by atoms with E-state index in [1.807, 2.05) is 0 Å². The lowest BCUT2D eigenvalue weighted by atomic mass is 9.95. The lowest BCUT2D eigenvalue weighted by molar-refractivity contribution is -0.139. The lowest BCUT2D eigenvalue weighted by Crippen LogP contribution is -2.38. The number of rotatable bonds is 3. The van der Waals surface area contributed by atoms with Crippen LogP contribution in [0.25, 0.3) is 0 Å². The molecule has 0 amide bonds. The highest BCUT2D eigenvalue weighted by Crippen LogP contribution is 2.34. The van der Waals surface area contributed by atoms with Crippen molar-refractivity contribution in [2.24, 2.45) is 0 Å². The first-order chi connectivity index (χ1) is 9.70. The Morgan fingerprint density at radius 1 is 1.10 bits per heavy atom. The second kappa shape index (κ2) is 5.76. The zero-order chi connectivity index (χ0) is 15.7. The third-order valence-electron chi connectivity index (χ3n) is 3.35. The molecule has 0 aliphatic heterocycles. The van der Waals surface area contributed by atoms with Crippen LogP contribution in [-0.2, 0) is 21.0 Å². The van der Waals surface area contributed by atoms with Gasteiger partial charge in [-0.25, -0.2) is 13.1 Å². The maximum atomic E-state index is 12.9. The molecule has 0 heterocycles. The molecule has 21 heavy (non-hydrogen) atoms. The van der Waals surface area contributed by atoms with Crippen molar-refractivity contribution in [2.45, 2.75) is 42.8 Å². The zero-order valence-corrected chi connectivity index (χ0v) is 11.8. The molecule has 1 aromatic carbocycles. The van der Waals surface area contributed by atoms with Crippen molar-refractivity contribution in [2.75, 3.05) is 0 Å². The molecule has 1 aromatic rings. The Labute approximate surface area is 120 Å². The molecule has 1 aliphatic carbocycles. The number of carbonyl (C=O) groups excluding carboxylic acids is 1. The molecule has 1 saturated carbocycles. The summed E-state index contributed by atoms with van der Waals surface area (Å²) in [5.74, 6) is 0.0427. The predicted molar refractivity (Wildman–Crippen MR) is 69.0 cm³/mol. The first-order valence-corrected chi connectivity index (χ1v) is 7.89. The number of sulfonamides is 1. The molecular formula is C13H14F3NO3S. The van der Waals surface area contributed by atoms with Crippen LogP contribution in [0.2, 0.25) is 0 Å². The Balaban J connectivity index is 2.26. The van der Waals surface area contributed by atoms with Gasteiger partial charge >= 0.3 is 6.18 Å². The van der Waals surface area contributed by atoms with Gasteiger partial charge in [-0.1, -0.05) is 12.1 Å². The summed E-state index contributed by atoms with van der Waals surface area (Å²) in [4.78, 5) is 10.3. The SMILES string of the molecule is O=C1CCC(NS(=O)(=O)c2ccccc2C(F)(F)F)CC1. The van der Waals surface area contributed by atoms with Crippen molar-refractivity contribution < 1.29 is 26.4 Å². The normalized spacial score (nSPS) is 18.0. The molecule has 0 unspecified atom stereocenters. The Kier molecular flexibility index (Phi) is 4.38. The van der Waals surface area contributed by atoms with Gasteiger partial charge in [-0.2, -0.15) is 13.2 Å². The molecule has 2 rings (SSSR count). The second-order valence-electron chi connectivity index (χ2n) is 4.93. The van der Waals surface area contributed by atoms with Crippen LogP contribution in [0.5, 0.6) is 0 Å². The number of ketones is 1. The van der Waals surface area contributed by atoms with E-state index in [4.69, 9.17) is 0 Å². The fourth-order valence-corrected chi connectivity index (χ4v) is 3.81. The van der Waals surface area contributed by atoms with Gasteiger partial charge in [0.15, 0.2) is 0 Å². The van der Waals surface area contributed by atoms with Gasteiger partial charge in [0, 0.05) is 18.9 Å². The van der Waals surface area contributed by atoms with Gasteiger partial charge in [0.1, 0.15) is 5.78 Å². The first-order valence-electron chi connectivity index (χ1n) is 6.40. The van der Waals surface area contributed by atoms with Crippen molar-refractivity contribution in [1.82, 2.24) is 4.72 Å². The highest BCUT2D eigenvalue weighted by Gasteiger charge is 2.37. The van der Waals surface area contributed by atoms with Crippen LogP contribution in [0.3, 0.4) is 0 Å². The number of halogens is 3. The average Bonchev–Trinajstić information content (AvgIpc) is 2.40. The van der Waals surface area contributed by atoms with E-state index < -0.39 is 32.7 Å². The Morgan fingerprint density at radius 3 is 2.24 bits per heavy atom. The molecule has 1 fully saturated rings.